The van der Waals surface area contributed by atoms with Crippen LogP contribution in [0.1, 0.15) is 20.3 Å². The molecular formula is C29H37FN6O3S. The maximum absolute atomic E-state index is 13.8. The molecule has 0 spiro atoms. The van der Waals surface area contributed by atoms with E-state index in [1.807, 2.05) is 24.3 Å². The van der Waals surface area contributed by atoms with E-state index in [0.29, 0.717) is 35.4 Å². The number of ether oxygens (including phenoxy) is 2. The quantitative estimate of drug-likeness (QED) is 0.251. The van der Waals surface area contributed by atoms with Crippen molar-refractivity contribution in [3.8, 4) is 5.75 Å². The second-order valence-corrected chi connectivity index (χ2v) is 11.0. The number of aromatic nitrogens is 2. The number of methoxy groups -OCH3 is 1. The SMILES string of the molecule is COc1ccc(Sc2cc(Nc3cccc(F)c3)nc(NC(=O)[C@H](CC(C)C)NCCN3CCOCC3)n2)cc1. The fourth-order valence-corrected chi connectivity index (χ4v) is 5.07. The van der Waals surface area contributed by atoms with Crippen LogP contribution in [0.3, 0.4) is 0 Å². The van der Waals surface area contributed by atoms with Crippen molar-refractivity contribution in [2.75, 3.05) is 57.1 Å². The number of rotatable bonds is 13. The monoisotopic (exact) mass is 568 g/mol. The van der Waals surface area contributed by atoms with Gasteiger partial charge in [-0.05, 0) is 54.8 Å². The van der Waals surface area contributed by atoms with Gasteiger partial charge in [-0.15, -0.1) is 0 Å². The topological polar surface area (TPSA) is 101 Å². The summed E-state index contributed by atoms with van der Waals surface area (Å²) in [6.45, 7) is 8.99. The van der Waals surface area contributed by atoms with Crippen molar-refractivity contribution < 1.29 is 18.7 Å². The van der Waals surface area contributed by atoms with Crippen LogP contribution in [-0.2, 0) is 9.53 Å². The van der Waals surface area contributed by atoms with E-state index in [2.05, 4.69) is 44.7 Å². The maximum atomic E-state index is 13.8. The van der Waals surface area contributed by atoms with E-state index in [9.17, 15) is 9.18 Å². The fraction of sp³-hybridized carbons (Fsp3) is 0.414. The normalized spacial score (nSPS) is 14.6. The molecule has 2 heterocycles. The van der Waals surface area contributed by atoms with Gasteiger partial charge in [-0.2, -0.15) is 4.98 Å². The van der Waals surface area contributed by atoms with Gasteiger partial charge >= 0.3 is 0 Å². The molecule has 1 aliphatic rings. The highest BCUT2D eigenvalue weighted by Crippen LogP contribution is 2.30. The lowest BCUT2D eigenvalue weighted by molar-refractivity contribution is -0.118. The largest absolute Gasteiger partial charge is 0.497 e. The van der Waals surface area contributed by atoms with Crippen LogP contribution in [0, 0.1) is 11.7 Å². The second kappa shape index (κ2) is 14.9. The summed E-state index contributed by atoms with van der Waals surface area (Å²) in [5.74, 6) is 1.12. The summed E-state index contributed by atoms with van der Waals surface area (Å²) < 4.78 is 24.5. The van der Waals surface area contributed by atoms with Gasteiger partial charge in [0.15, 0.2) is 0 Å². The van der Waals surface area contributed by atoms with E-state index in [-0.39, 0.29) is 17.7 Å². The Labute approximate surface area is 239 Å². The molecule has 3 aromatic rings. The van der Waals surface area contributed by atoms with Crippen molar-refractivity contribution in [1.82, 2.24) is 20.2 Å². The number of carbonyl (C=O) groups is 1. The molecule has 11 heteroatoms. The van der Waals surface area contributed by atoms with Gasteiger partial charge in [0.25, 0.3) is 0 Å². The lowest BCUT2D eigenvalue weighted by Crippen LogP contribution is -2.46. The van der Waals surface area contributed by atoms with Crippen LogP contribution in [0.15, 0.2) is 64.5 Å². The molecule has 0 aliphatic carbocycles. The van der Waals surface area contributed by atoms with Crippen LogP contribution >= 0.6 is 11.8 Å². The molecule has 40 heavy (non-hydrogen) atoms. The van der Waals surface area contributed by atoms with Crippen LogP contribution < -0.4 is 20.7 Å². The molecule has 214 valence electrons. The van der Waals surface area contributed by atoms with E-state index in [0.717, 1.165) is 43.5 Å². The zero-order valence-corrected chi connectivity index (χ0v) is 24.0. The average Bonchev–Trinajstić information content (AvgIpc) is 2.93. The van der Waals surface area contributed by atoms with E-state index in [1.54, 1.807) is 25.3 Å². The van der Waals surface area contributed by atoms with Gasteiger partial charge in [-0.3, -0.25) is 15.0 Å². The van der Waals surface area contributed by atoms with E-state index >= 15 is 0 Å². The predicted molar refractivity (Wildman–Crippen MR) is 156 cm³/mol. The Kier molecular flexibility index (Phi) is 11.1. The number of morpholine rings is 1. The highest BCUT2D eigenvalue weighted by atomic mass is 32.2. The van der Waals surface area contributed by atoms with Crippen molar-refractivity contribution >= 4 is 35.1 Å². The lowest BCUT2D eigenvalue weighted by Gasteiger charge is -2.27. The minimum atomic E-state index is -0.401. The first kappa shape index (κ1) is 29.7. The van der Waals surface area contributed by atoms with Crippen molar-refractivity contribution in [3.63, 3.8) is 0 Å². The third kappa shape index (κ3) is 9.44. The molecule has 1 atom stereocenters. The third-order valence-electron chi connectivity index (χ3n) is 6.26. The number of hydrogen-bond donors (Lipinski definition) is 3. The van der Waals surface area contributed by atoms with Gasteiger partial charge in [0.05, 0.1) is 26.4 Å². The summed E-state index contributed by atoms with van der Waals surface area (Å²) in [6, 6.07) is 15.1. The second-order valence-electron chi connectivity index (χ2n) is 9.91. The zero-order chi connectivity index (χ0) is 28.3. The minimum Gasteiger partial charge on any atom is -0.497 e. The Balaban J connectivity index is 1.50. The molecule has 2 aromatic carbocycles. The average molecular weight is 569 g/mol. The molecule has 3 N–H and O–H groups in total. The summed E-state index contributed by atoms with van der Waals surface area (Å²) in [6.07, 6.45) is 0.670. The van der Waals surface area contributed by atoms with Gasteiger partial charge in [0.2, 0.25) is 11.9 Å². The van der Waals surface area contributed by atoms with Crippen LogP contribution in [0.5, 0.6) is 5.75 Å². The summed E-state index contributed by atoms with van der Waals surface area (Å²) >= 11 is 1.42. The molecular weight excluding hydrogens is 531 g/mol. The van der Waals surface area contributed by atoms with Crippen LogP contribution in [0.4, 0.5) is 21.8 Å². The van der Waals surface area contributed by atoms with Gasteiger partial charge < -0.3 is 20.1 Å². The number of nitrogens with one attached hydrogen (secondary N) is 3. The number of amides is 1. The van der Waals surface area contributed by atoms with Crippen molar-refractivity contribution in [2.24, 2.45) is 5.92 Å². The molecule has 0 bridgehead atoms. The Hall–Kier alpha value is -3.25. The first-order valence-electron chi connectivity index (χ1n) is 13.5. The Morgan fingerprint density at radius 2 is 1.90 bits per heavy atom. The van der Waals surface area contributed by atoms with Gasteiger partial charge in [0.1, 0.15) is 22.4 Å². The standard InChI is InChI=1S/C29H37FN6O3S/c1-20(2)17-25(31-11-12-36-13-15-39-16-14-36)28(37)35-29-33-26(32-22-6-4-5-21(30)18-22)19-27(34-29)40-24-9-7-23(38-3)8-10-24/h4-10,18-20,25,31H,11-17H2,1-3H3,(H2,32,33,34,35,37)/t25-/m0/s1. The number of nitrogens with zero attached hydrogens (tertiary/aromatic N) is 3. The van der Waals surface area contributed by atoms with Crippen molar-refractivity contribution in [3.05, 3.63) is 60.4 Å². The molecule has 1 aromatic heterocycles. The summed E-state index contributed by atoms with van der Waals surface area (Å²) in [5.41, 5.74) is 0.541. The Morgan fingerprint density at radius 1 is 1.12 bits per heavy atom. The first-order valence-corrected chi connectivity index (χ1v) is 14.3. The van der Waals surface area contributed by atoms with Crippen LogP contribution in [0.2, 0.25) is 0 Å². The first-order chi connectivity index (χ1) is 19.4. The molecule has 1 aliphatic heterocycles. The molecule has 9 nitrogen and oxygen atoms in total. The highest BCUT2D eigenvalue weighted by molar-refractivity contribution is 7.99. The van der Waals surface area contributed by atoms with Gasteiger partial charge in [0, 0.05) is 42.8 Å². The molecule has 1 amide bonds. The predicted octanol–water partition coefficient (Wildman–Crippen LogP) is 4.79. The molecule has 0 radical (unpaired) electrons. The number of benzene rings is 2. The smallest absolute Gasteiger partial charge is 0.243 e. The number of halogens is 1. The van der Waals surface area contributed by atoms with Gasteiger partial charge in [-0.25, -0.2) is 9.37 Å². The van der Waals surface area contributed by atoms with E-state index in [4.69, 9.17) is 9.47 Å². The number of hydrogen-bond acceptors (Lipinski definition) is 9. The van der Waals surface area contributed by atoms with Crippen LogP contribution in [-0.4, -0.2) is 73.3 Å². The molecule has 0 saturated carbocycles. The number of anilines is 3. The molecule has 1 saturated heterocycles. The van der Waals surface area contributed by atoms with E-state index in [1.165, 1.54) is 23.9 Å². The fourth-order valence-electron chi connectivity index (χ4n) is 4.25. The van der Waals surface area contributed by atoms with E-state index < -0.39 is 6.04 Å². The lowest BCUT2D eigenvalue weighted by atomic mass is 10.0. The minimum absolute atomic E-state index is 0.172. The van der Waals surface area contributed by atoms with Crippen molar-refractivity contribution in [2.45, 2.75) is 36.2 Å². The highest BCUT2D eigenvalue weighted by Gasteiger charge is 2.22. The summed E-state index contributed by atoms with van der Waals surface area (Å²) in [4.78, 5) is 25.8. The Bertz CT molecular complexity index is 1240. The number of carbonyl (C=O) groups excluding carboxylic acids is 1. The zero-order valence-electron chi connectivity index (χ0n) is 23.2. The molecule has 4 rings (SSSR count). The van der Waals surface area contributed by atoms with Gasteiger partial charge in [-0.1, -0.05) is 31.7 Å². The summed E-state index contributed by atoms with van der Waals surface area (Å²) in [5, 5.41) is 10.1. The summed E-state index contributed by atoms with van der Waals surface area (Å²) in [7, 11) is 1.62. The molecule has 0 unspecified atom stereocenters. The molecule has 1 fully saturated rings. The maximum Gasteiger partial charge on any atom is 0.243 e. The van der Waals surface area contributed by atoms with Crippen LogP contribution in [0.25, 0.3) is 0 Å². The van der Waals surface area contributed by atoms with Crippen molar-refractivity contribution in [1.29, 1.82) is 0 Å². The Morgan fingerprint density at radius 3 is 2.60 bits per heavy atom. The third-order valence-corrected chi connectivity index (χ3v) is 7.19.